The van der Waals surface area contributed by atoms with Gasteiger partial charge in [-0.05, 0) is 60.9 Å². The van der Waals surface area contributed by atoms with Crippen LogP contribution in [-0.4, -0.2) is 21.3 Å². The topological polar surface area (TPSA) is 72.5 Å². The van der Waals surface area contributed by atoms with Gasteiger partial charge in [0.2, 0.25) is 0 Å². The van der Waals surface area contributed by atoms with Crippen LogP contribution in [0.3, 0.4) is 0 Å². The van der Waals surface area contributed by atoms with Crippen LogP contribution < -0.4 is 9.46 Å². The van der Waals surface area contributed by atoms with Crippen LogP contribution in [0.4, 0.5) is 5.69 Å². The summed E-state index contributed by atoms with van der Waals surface area (Å²) in [7, 11) is -2.30. The van der Waals surface area contributed by atoms with Gasteiger partial charge in [-0.1, -0.05) is 36.4 Å². The third kappa shape index (κ3) is 4.84. The van der Waals surface area contributed by atoms with Gasteiger partial charge in [-0.15, -0.1) is 0 Å². The Morgan fingerprint density at radius 1 is 0.931 bits per heavy atom. The summed E-state index contributed by atoms with van der Waals surface area (Å²) in [5, 5.41) is 0. The maximum atomic E-state index is 12.9. The Balaban J connectivity index is 1.87. The minimum Gasteiger partial charge on any atom is -0.497 e. The smallest absolute Gasteiger partial charge is 0.262 e. The van der Waals surface area contributed by atoms with Crippen molar-refractivity contribution >= 4 is 21.5 Å². The SMILES string of the molecule is COc1ccc(NS(=O)(=O)c2cc(C(=O)Cc3ccccc3C)ccc2C)cc1. The van der Waals surface area contributed by atoms with Gasteiger partial charge in [-0.25, -0.2) is 8.42 Å². The molecule has 0 bridgehead atoms. The number of carbonyl (C=O) groups is 1. The predicted molar refractivity (Wildman–Crippen MR) is 114 cm³/mol. The number of aryl methyl sites for hydroxylation is 2. The van der Waals surface area contributed by atoms with E-state index in [1.54, 1.807) is 50.4 Å². The van der Waals surface area contributed by atoms with Gasteiger partial charge < -0.3 is 4.74 Å². The van der Waals surface area contributed by atoms with E-state index < -0.39 is 10.0 Å². The summed E-state index contributed by atoms with van der Waals surface area (Å²) in [6.07, 6.45) is 0.223. The number of carbonyl (C=O) groups excluding carboxylic acids is 1. The van der Waals surface area contributed by atoms with Gasteiger partial charge in [0.1, 0.15) is 5.75 Å². The average molecular weight is 410 g/mol. The third-order valence-corrected chi connectivity index (χ3v) is 6.28. The summed E-state index contributed by atoms with van der Waals surface area (Å²) >= 11 is 0. The van der Waals surface area contributed by atoms with E-state index in [4.69, 9.17) is 4.74 Å². The minimum absolute atomic E-state index is 0.0870. The number of Topliss-reactive ketones (excluding diaryl/α,β-unsaturated/α-hetero) is 1. The van der Waals surface area contributed by atoms with Crippen molar-refractivity contribution in [2.24, 2.45) is 0 Å². The molecule has 3 rings (SSSR count). The molecule has 0 unspecified atom stereocenters. The number of hydrogen-bond acceptors (Lipinski definition) is 4. The van der Waals surface area contributed by atoms with Crippen molar-refractivity contribution in [1.29, 1.82) is 0 Å². The molecular weight excluding hydrogens is 386 g/mol. The van der Waals surface area contributed by atoms with Crippen molar-refractivity contribution in [2.45, 2.75) is 25.2 Å². The molecular formula is C23H23NO4S. The van der Waals surface area contributed by atoms with E-state index in [-0.39, 0.29) is 17.1 Å². The van der Waals surface area contributed by atoms with E-state index in [1.165, 1.54) is 6.07 Å². The molecule has 6 heteroatoms. The van der Waals surface area contributed by atoms with Gasteiger partial charge >= 0.3 is 0 Å². The highest BCUT2D eigenvalue weighted by Crippen LogP contribution is 2.23. The number of ether oxygens (including phenoxy) is 1. The largest absolute Gasteiger partial charge is 0.497 e. The molecule has 0 fully saturated rings. The molecule has 0 aliphatic rings. The quantitative estimate of drug-likeness (QED) is 0.582. The molecule has 3 aromatic carbocycles. The van der Waals surface area contributed by atoms with Crippen LogP contribution >= 0.6 is 0 Å². The molecule has 0 amide bonds. The summed E-state index contributed by atoms with van der Waals surface area (Å²) in [5.74, 6) is 0.508. The number of nitrogens with one attached hydrogen (secondary N) is 1. The normalized spacial score (nSPS) is 11.1. The zero-order valence-electron chi connectivity index (χ0n) is 16.6. The van der Waals surface area contributed by atoms with Crippen LogP contribution in [0.15, 0.2) is 71.6 Å². The van der Waals surface area contributed by atoms with Gasteiger partial charge in [-0.2, -0.15) is 0 Å². The molecule has 3 aromatic rings. The Kier molecular flexibility index (Phi) is 6.03. The summed E-state index contributed by atoms with van der Waals surface area (Å²) in [5.41, 5.74) is 3.31. The second-order valence-corrected chi connectivity index (χ2v) is 8.49. The molecule has 0 saturated carbocycles. The van der Waals surface area contributed by atoms with Gasteiger partial charge in [0, 0.05) is 17.7 Å². The zero-order chi connectivity index (χ0) is 21.0. The van der Waals surface area contributed by atoms with Crippen molar-refractivity contribution < 1.29 is 17.9 Å². The maximum absolute atomic E-state index is 12.9. The number of methoxy groups -OCH3 is 1. The van der Waals surface area contributed by atoms with E-state index in [0.717, 1.165) is 11.1 Å². The number of sulfonamides is 1. The summed E-state index contributed by atoms with van der Waals surface area (Å²) in [6, 6.07) is 19.0. The number of rotatable bonds is 7. The van der Waals surface area contributed by atoms with Crippen molar-refractivity contribution in [2.75, 3.05) is 11.8 Å². The first kappa shape index (κ1) is 20.6. The molecule has 1 N–H and O–H groups in total. The van der Waals surface area contributed by atoms with E-state index in [9.17, 15) is 13.2 Å². The number of anilines is 1. The second-order valence-electron chi connectivity index (χ2n) is 6.84. The maximum Gasteiger partial charge on any atom is 0.262 e. The fourth-order valence-electron chi connectivity index (χ4n) is 3.02. The molecule has 0 aliphatic heterocycles. The van der Waals surface area contributed by atoms with E-state index in [1.807, 2.05) is 31.2 Å². The van der Waals surface area contributed by atoms with Crippen LogP contribution in [0.5, 0.6) is 5.75 Å². The van der Waals surface area contributed by atoms with Gasteiger partial charge in [0.05, 0.1) is 12.0 Å². The van der Waals surface area contributed by atoms with Gasteiger partial charge in [-0.3, -0.25) is 9.52 Å². The highest BCUT2D eigenvalue weighted by Gasteiger charge is 2.20. The summed E-state index contributed by atoms with van der Waals surface area (Å²) in [6.45, 7) is 3.66. The minimum atomic E-state index is -3.84. The lowest BCUT2D eigenvalue weighted by Crippen LogP contribution is -2.15. The lowest BCUT2D eigenvalue weighted by atomic mass is 9.99. The molecule has 0 heterocycles. The molecule has 0 aliphatic carbocycles. The van der Waals surface area contributed by atoms with E-state index >= 15 is 0 Å². The van der Waals surface area contributed by atoms with Crippen LogP contribution in [0.2, 0.25) is 0 Å². The van der Waals surface area contributed by atoms with E-state index in [0.29, 0.717) is 22.6 Å². The fourth-order valence-corrected chi connectivity index (χ4v) is 4.35. The third-order valence-electron chi connectivity index (χ3n) is 4.75. The van der Waals surface area contributed by atoms with Gasteiger partial charge in [0.15, 0.2) is 5.78 Å². The van der Waals surface area contributed by atoms with Crippen molar-refractivity contribution in [3.8, 4) is 5.75 Å². The Bertz CT molecular complexity index is 1140. The first-order valence-electron chi connectivity index (χ1n) is 9.15. The van der Waals surface area contributed by atoms with Gasteiger partial charge in [0.25, 0.3) is 10.0 Å². The number of benzene rings is 3. The highest BCUT2D eigenvalue weighted by molar-refractivity contribution is 7.92. The lowest BCUT2D eigenvalue weighted by molar-refractivity contribution is 0.0992. The molecule has 150 valence electrons. The molecule has 0 aromatic heterocycles. The summed E-state index contributed by atoms with van der Waals surface area (Å²) < 4.78 is 33.5. The standard InChI is InChI=1S/C23H23NO4S/c1-16-6-4-5-7-18(16)14-22(25)19-9-8-17(2)23(15-19)29(26,27)24-20-10-12-21(28-3)13-11-20/h4-13,15,24H,14H2,1-3H3. The second kappa shape index (κ2) is 8.49. The Morgan fingerprint density at radius 3 is 2.28 bits per heavy atom. The summed E-state index contributed by atoms with van der Waals surface area (Å²) in [4.78, 5) is 12.8. The van der Waals surface area contributed by atoms with Crippen molar-refractivity contribution in [3.63, 3.8) is 0 Å². The lowest BCUT2D eigenvalue weighted by Gasteiger charge is -2.12. The Hall–Kier alpha value is -3.12. The average Bonchev–Trinajstić information content (AvgIpc) is 2.70. The van der Waals surface area contributed by atoms with Crippen LogP contribution in [0, 0.1) is 13.8 Å². The molecule has 0 radical (unpaired) electrons. The fraction of sp³-hybridized carbons (Fsp3) is 0.174. The Morgan fingerprint density at radius 2 is 1.62 bits per heavy atom. The first-order valence-corrected chi connectivity index (χ1v) is 10.6. The monoisotopic (exact) mass is 409 g/mol. The van der Waals surface area contributed by atoms with Crippen molar-refractivity contribution in [3.05, 3.63) is 89.0 Å². The van der Waals surface area contributed by atoms with Crippen LogP contribution in [0.25, 0.3) is 0 Å². The molecule has 0 spiro atoms. The van der Waals surface area contributed by atoms with E-state index in [2.05, 4.69) is 4.72 Å². The van der Waals surface area contributed by atoms with Crippen LogP contribution in [0.1, 0.15) is 27.0 Å². The van der Waals surface area contributed by atoms with Crippen molar-refractivity contribution in [1.82, 2.24) is 0 Å². The first-order chi connectivity index (χ1) is 13.8. The zero-order valence-corrected chi connectivity index (χ0v) is 17.4. The van der Waals surface area contributed by atoms with Crippen LogP contribution in [-0.2, 0) is 16.4 Å². The molecule has 0 atom stereocenters. The number of hydrogen-bond donors (Lipinski definition) is 1. The Labute approximate surface area is 171 Å². The molecule has 29 heavy (non-hydrogen) atoms. The predicted octanol–water partition coefficient (Wildman–Crippen LogP) is 4.54. The highest BCUT2D eigenvalue weighted by atomic mass is 32.2. The molecule has 5 nitrogen and oxygen atoms in total. The number of ketones is 1. The molecule has 0 saturated heterocycles.